The molecule has 0 atom stereocenters. The Kier molecular flexibility index (Phi) is 5.63. The highest BCUT2D eigenvalue weighted by molar-refractivity contribution is 7.78. The summed E-state index contributed by atoms with van der Waals surface area (Å²) in [4.78, 5) is 28.0. The van der Waals surface area contributed by atoms with Crippen molar-refractivity contribution in [2.75, 3.05) is 0 Å². The highest BCUT2D eigenvalue weighted by atomic mass is 32.1. The van der Waals surface area contributed by atoms with Crippen molar-refractivity contribution in [3.05, 3.63) is 143 Å². The molecule has 39 heavy (non-hydrogen) atoms. The number of aliphatic imine (C=N–C) groups is 5. The number of pyridine rings is 1. The molecule has 0 fully saturated rings. The van der Waals surface area contributed by atoms with Gasteiger partial charge in [0.1, 0.15) is 0 Å². The second kappa shape index (κ2) is 9.58. The lowest BCUT2D eigenvalue weighted by Gasteiger charge is -2.09. The molecular weight excluding hydrogens is 500 g/mol. The molecule has 5 aliphatic heterocycles. The SMILES string of the molecule is S=C=Nc1ccc(C2=C3C=CC(=N3)C=C3C=CC(=N3)C(c3ccncc3)=C3C=CC(=N3)C=C3C=CC2=N3)cc1. The molecule has 6 heterocycles. The summed E-state index contributed by atoms with van der Waals surface area (Å²) >= 11 is 4.75. The smallest absolute Gasteiger partial charge is 0.0739 e. The van der Waals surface area contributed by atoms with Gasteiger partial charge < -0.3 is 0 Å². The van der Waals surface area contributed by atoms with Crippen molar-refractivity contribution in [1.82, 2.24) is 4.98 Å². The van der Waals surface area contributed by atoms with E-state index >= 15 is 0 Å². The van der Waals surface area contributed by atoms with Gasteiger partial charge in [0.05, 0.1) is 56.5 Å². The van der Waals surface area contributed by atoms with E-state index in [4.69, 9.17) is 32.2 Å². The molecule has 0 saturated heterocycles. The van der Waals surface area contributed by atoms with E-state index < -0.39 is 0 Å². The second-order valence-corrected chi connectivity index (χ2v) is 9.23. The molecule has 0 amide bonds. The number of aromatic nitrogens is 1. The third-order valence-electron chi connectivity index (χ3n) is 6.56. The quantitative estimate of drug-likeness (QED) is 0.332. The van der Waals surface area contributed by atoms with Crippen LogP contribution in [0, 0.1) is 0 Å². The molecule has 0 aliphatic carbocycles. The maximum atomic E-state index is 4.95. The van der Waals surface area contributed by atoms with Crippen LogP contribution in [0.4, 0.5) is 5.69 Å². The number of benzene rings is 1. The Balaban J connectivity index is 1.41. The molecule has 5 aliphatic rings. The molecule has 8 bridgehead atoms. The Labute approximate surface area is 230 Å². The summed E-state index contributed by atoms with van der Waals surface area (Å²) in [6.45, 7) is 0. The summed E-state index contributed by atoms with van der Waals surface area (Å²) in [7, 11) is 0. The summed E-state index contributed by atoms with van der Waals surface area (Å²) in [6, 6.07) is 11.8. The fourth-order valence-corrected chi connectivity index (χ4v) is 4.93. The van der Waals surface area contributed by atoms with Crippen molar-refractivity contribution < 1.29 is 0 Å². The molecule has 1 aromatic carbocycles. The van der Waals surface area contributed by atoms with Crippen LogP contribution in [0.2, 0.25) is 0 Å². The van der Waals surface area contributed by atoms with Crippen molar-refractivity contribution in [2.45, 2.75) is 0 Å². The first-order valence-corrected chi connectivity index (χ1v) is 12.7. The lowest BCUT2D eigenvalue weighted by atomic mass is 9.98. The average Bonchev–Trinajstić information content (AvgIpc) is 3.77. The van der Waals surface area contributed by atoms with E-state index in [1.807, 2.05) is 97.2 Å². The highest BCUT2D eigenvalue weighted by Crippen LogP contribution is 2.32. The van der Waals surface area contributed by atoms with Gasteiger partial charge in [-0.1, -0.05) is 12.1 Å². The molecule has 0 spiro atoms. The molecule has 2 aromatic rings. The summed E-state index contributed by atoms with van der Waals surface area (Å²) in [5, 5.41) is 2.42. The first-order chi connectivity index (χ1) is 19.2. The number of allylic oxidation sites excluding steroid dienone is 12. The predicted octanol–water partition coefficient (Wildman–Crippen LogP) is 6.76. The average molecular weight is 519 g/mol. The number of hydrogen-bond donors (Lipinski definition) is 0. The van der Waals surface area contributed by atoms with Crippen molar-refractivity contribution in [3.8, 4) is 0 Å². The van der Waals surface area contributed by atoms with Crippen molar-refractivity contribution >= 4 is 57.1 Å². The standard InChI is InChI=1S/C32H18N6S/c39-19-34-22-3-1-20(2-4-22)31-27-9-5-23(35-27)17-25-7-11-29(37-25)32(21-13-15-33-16-14-21)30-12-8-26(38-30)18-24-6-10-28(31)36-24/h1-18H. The summed E-state index contributed by atoms with van der Waals surface area (Å²) in [5.41, 5.74) is 11.2. The molecule has 0 saturated carbocycles. The maximum absolute atomic E-state index is 4.95. The summed E-state index contributed by atoms with van der Waals surface area (Å²) in [5.74, 6) is 0. The van der Waals surface area contributed by atoms with Gasteiger partial charge in [0.15, 0.2) is 0 Å². The van der Waals surface area contributed by atoms with E-state index in [2.05, 4.69) is 15.1 Å². The van der Waals surface area contributed by atoms with E-state index in [9.17, 15) is 0 Å². The number of thiocarbonyl (C=S) groups is 1. The fourth-order valence-electron chi connectivity index (χ4n) is 4.82. The Morgan fingerprint density at radius 1 is 0.564 bits per heavy atom. The zero-order chi connectivity index (χ0) is 26.2. The van der Waals surface area contributed by atoms with Gasteiger partial charge in [0.25, 0.3) is 0 Å². The minimum Gasteiger partial charge on any atom is -0.265 e. The van der Waals surface area contributed by atoms with Crippen LogP contribution in [0.15, 0.2) is 157 Å². The summed E-state index contributed by atoms with van der Waals surface area (Å²) < 4.78 is 0. The number of rotatable bonds is 3. The van der Waals surface area contributed by atoms with Gasteiger partial charge in [-0.3, -0.25) is 4.98 Å². The zero-order valence-corrected chi connectivity index (χ0v) is 21.3. The molecule has 0 unspecified atom stereocenters. The fraction of sp³-hybridized carbons (Fsp3) is 0. The molecular formula is C32H18N6S. The van der Waals surface area contributed by atoms with E-state index in [0.717, 1.165) is 73.6 Å². The molecule has 7 rings (SSSR count). The third-order valence-corrected chi connectivity index (χ3v) is 6.65. The van der Waals surface area contributed by atoms with Crippen molar-refractivity contribution in [2.24, 2.45) is 25.0 Å². The van der Waals surface area contributed by atoms with Crippen LogP contribution in [0.3, 0.4) is 0 Å². The molecule has 6 nitrogen and oxygen atoms in total. The van der Waals surface area contributed by atoms with Gasteiger partial charge in [-0.15, -0.1) is 0 Å². The van der Waals surface area contributed by atoms with Gasteiger partial charge in [0.2, 0.25) is 0 Å². The van der Waals surface area contributed by atoms with Gasteiger partial charge >= 0.3 is 0 Å². The van der Waals surface area contributed by atoms with Crippen LogP contribution in [0.5, 0.6) is 0 Å². The minimum atomic E-state index is 0.746. The van der Waals surface area contributed by atoms with Crippen molar-refractivity contribution in [1.29, 1.82) is 0 Å². The van der Waals surface area contributed by atoms with Crippen LogP contribution in [0.25, 0.3) is 11.1 Å². The summed E-state index contributed by atoms with van der Waals surface area (Å²) in [6.07, 6.45) is 23.6. The highest BCUT2D eigenvalue weighted by Gasteiger charge is 2.22. The van der Waals surface area contributed by atoms with Crippen LogP contribution in [-0.4, -0.2) is 33.0 Å². The topological polar surface area (TPSA) is 74.7 Å². The normalized spacial score (nSPS) is 18.6. The van der Waals surface area contributed by atoms with Gasteiger partial charge in [-0.2, -0.15) is 4.99 Å². The number of hydrogen-bond acceptors (Lipinski definition) is 7. The van der Waals surface area contributed by atoms with Crippen LogP contribution in [0.1, 0.15) is 11.1 Å². The Morgan fingerprint density at radius 2 is 1.10 bits per heavy atom. The monoisotopic (exact) mass is 518 g/mol. The molecule has 0 radical (unpaired) electrons. The van der Waals surface area contributed by atoms with Crippen LogP contribution in [-0.2, 0) is 0 Å². The van der Waals surface area contributed by atoms with E-state index in [1.165, 1.54) is 0 Å². The molecule has 1 aromatic heterocycles. The molecule has 7 heteroatoms. The zero-order valence-electron chi connectivity index (χ0n) is 20.5. The lowest BCUT2D eigenvalue weighted by molar-refractivity contribution is 1.31. The van der Waals surface area contributed by atoms with Crippen LogP contribution < -0.4 is 0 Å². The third kappa shape index (κ3) is 4.42. The van der Waals surface area contributed by atoms with Gasteiger partial charge in [-0.05, 0) is 108 Å². The van der Waals surface area contributed by atoms with E-state index in [0.29, 0.717) is 0 Å². The van der Waals surface area contributed by atoms with Crippen molar-refractivity contribution in [3.63, 3.8) is 0 Å². The largest absolute Gasteiger partial charge is 0.265 e. The van der Waals surface area contributed by atoms with Crippen LogP contribution >= 0.6 is 12.2 Å². The minimum absolute atomic E-state index is 0.746. The van der Waals surface area contributed by atoms with E-state index in [1.54, 1.807) is 12.4 Å². The Morgan fingerprint density at radius 3 is 1.64 bits per heavy atom. The Bertz CT molecular complexity index is 1860. The maximum Gasteiger partial charge on any atom is 0.0739 e. The lowest BCUT2D eigenvalue weighted by Crippen LogP contribution is -2.00. The number of isothiocyanates is 1. The number of fused-ring (bicyclic) bond motifs is 4. The number of nitrogens with zero attached hydrogens (tertiary/aromatic N) is 6. The predicted molar refractivity (Wildman–Crippen MR) is 162 cm³/mol. The Hall–Kier alpha value is -5.23. The van der Waals surface area contributed by atoms with Gasteiger partial charge in [-0.25, -0.2) is 20.0 Å². The molecule has 182 valence electrons. The van der Waals surface area contributed by atoms with Gasteiger partial charge in [0, 0.05) is 23.5 Å². The van der Waals surface area contributed by atoms with E-state index in [-0.39, 0.29) is 0 Å². The second-order valence-electron chi connectivity index (χ2n) is 9.05. The first kappa shape index (κ1) is 22.9. The first-order valence-electron chi connectivity index (χ1n) is 12.3. The molecule has 0 N–H and O–H groups in total.